The second-order valence-corrected chi connectivity index (χ2v) is 9.52. The fraction of sp³-hybridized carbons (Fsp3) is 0.333. The van der Waals surface area contributed by atoms with Gasteiger partial charge < -0.3 is 4.74 Å². The van der Waals surface area contributed by atoms with Gasteiger partial charge in [-0.2, -0.15) is 0 Å². The topological polar surface area (TPSA) is 78.5 Å². The van der Waals surface area contributed by atoms with Crippen LogP contribution in [0, 0.1) is 5.92 Å². The minimum atomic E-state index is -0.330. The van der Waals surface area contributed by atoms with Crippen molar-refractivity contribution in [2.75, 3.05) is 12.9 Å². The van der Waals surface area contributed by atoms with Crippen LogP contribution < -0.4 is 5.56 Å². The van der Waals surface area contributed by atoms with Crippen molar-refractivity contribution in [3.05, 3.63) is 51.1 Å². The van der Waals surface area contributed by atoms with Crippen LogP contribution >= 0.6 is 23.1 Å². The molecule has 0 aliphatic heterocycles. The van der Waals surface area contributed by atoms with Crippen LogP contribution in [0.3, 0.4) is 0 Å². The second kappa shape index (κ2) is 7.55. The van der Waals surface area contributed by atoms with Gasteiger partial charge in [-0.25, -0.2) is 8.97 Å². The number of benzene rings is 1. The summed E-state index contributed by atoms with van der Waals surface area (Å²) in [7, 11) is 1.37. The number of esters is 1. The van der Waals surface area contributed by atoms with Crippen LogP contribution in [0.15, 0.2) is 40.3 Å². The van der Waals surface area contributed by atoms with Crippen LogP contribution in [0.25, 0.3) is 21.7 Å². The van der Waals surface area contributed by atoms with E-state index < -0.39 is 0 Å². The van der Waals surface area contributed by atoms with Gasteiger partial charge in [0.15, 0.2) is 5.16 Å². The lowest BCUT2D eigenvalue weighted by Gasteiger charge is -2.17. The highest BCUT2D eigenvalue weighted by atomic mass is 32.2. The number of aromatic nitrogens is 4. The quantitative estimate of drug-likeness (QED) is 0.357. The third-order valence-corrected chi connectivity index (χ3v) is 7.63. The highest BCUT2D eigenvalue weighted by Gasteiger charge is 2.27. The predicted octanol–water partition coefficient (Wildman–Crippen LogP) is 3.48. The molecule has 1 atom stereocenters. The summed E-state index contributed by atoms with van der Waals surface area (Å²) in [5, 5.41) is 9.98. The van der Waals surface area contributed by atoms with E-state index in [4.69, 9.17) is 4.74 Å². The van der Waals surface area contributed by atoms with Crippen molar-refractivity contribution >= 4 is 45.1 Å². The third-order valence-electron chi connectivity index (χ3n) is 5.49. The van der Waals surface area contributed by atoms with E-state index in [1.807, 2.05) is 34.7 Å². The first-order valence-electron chi connectivity index (χ1n) is 9.78. The van der Waals surface area contributed by atoms with Gasteiger partial charge in [-0.3, -0.25) is 9.59 Å². The Balaban J connectivity index is 1.83. The normalized spacial score (nSPS) is 16.1. The molecule has 0 radical (unpaired) electrons. The van der Waals surface area contributed by atoms with E-state index in [2.05, 4.69) is 17.1 Å². The number of thiophene rings is 1. The zero-order valence-corrected chi connectivity index (χ0v) is 18.3. The van der Waals surface area contributed by atoms with Gasteiger partial charge in [-0.05, 0) is 42.9 Å². The summed E-state index contributed by atoms with van der Waals surface area (Å²) in [6, 6.07) is 9.50. The van der Waals surface area contributed by atoms with E-state index in [1.165, 1.54) is 23.7 Å². The number of rotatable bonds is 4. The lowest BCUT2D eigenvalue weighted by Crippen LogP contribution is -2.22. The summed E-state index contributed by atoms with van der Waals surface area (Å²) in [6.07, 6.45) is 2.96. The Hall–Kier alpha value is -2.65. The van der Waals surface area contributed by atoms with Crippen LogP contribution in [-0.4, -0.2) is 38.0 Å². The fourth-order valence-electron chi connectivity index (χ4n) is 3.99. The zero-order chi connectivity index (χ0) is 20.8. The van der Waals surface area contributed by atoms with E-state index in [-0.39, 0.29) is 17.3 Å². The molecule has 154 valence electrons. The van der Waals surface area contributed by atoms with Gasteiger partial charge in [-0.1, -0.05) is 36.9 Å². The minimum absolute atomic E-state index is 0.0623. The maximum Gasteiger partial charge on any atom is 0.316 e. The van der Waals surface area contributed by atoms with Gasteiger partial charge in [-0.15, -0.1) is 21.5 Å². The number of hydrogen-bond donors (Lipinski definition) is 0. The summed E-state index contributed by atoms with van der Waals surface area (Å²) in [5.41, 5.74) is 1.84. The number of para-hydroxylation sites is 1. The average molecular weight is 441 g/mol. The number of methoxy groups -OCH3 is 1. The number of carbonyl (C=O) groups excluding carboxylic acids is 1. The molecule has 0 fully saturated rings. The van der Waals surface area contributed by atoms with E-state index in [0.717, 1.165) is 40.7 Å². The highest BCUT2D eigenvalue weighted by molar-refractivity contribution is 7.99. The highest BCUT2D eigenvalue weighted by Crippen LogP contribution is 2.38. The van der Waals surface area contributed by atoms with Crippen molar-refractivity contribution in [1.29, 1.82) is 0 Å². The minimum Gasteiger partial charge on any atom is -0.468 e. The van der Waals surface area contributed by atoms with Crippen molar-refractivity contribution < 1.29 is 9.53 Å². The van der Waals surface area contributed by atoms with Crippen molar-refractivity contribution in [3.63, 3.8) is 0 Å². The molecule has 0 amide bonds. The molecular weight excluding hydrogens is 420 g/mol. The first kappa shape index (κ1) is 19.3. The number of ether oxygens (including phenoxy) is 1. The first-order chi connectivity index (χ1) is 14.6. The molecular formula is C21H20N4O3S2. The standard InChI is InChI=1S/C21H20N4O3S2/c1-12-8-9-14-15(10-12)30-19-17(14)18(27)24(13-6-4-3-5-7-13)20-22-23-21(25(19)20)29-11-16(26)28-2/h3-7,12H,8-11H2,1-2H3/t12-/m1/s1. The molecule has 4 aromatic rings. The molecule has 1 aromatic carbocycles. The number of fused-ring (bicyclic) bond motifs is 5. The molecule has 0 N–H and O–H groups in total. The molecule has 0 spiro atoms. The predicted molar refractivity (Wildman–Crippen MR) is 118 cm³/mol. The summed E-state index contributed by atoms with van der Waals surface area (Å²) in [6.45, 7) is 2.25. The molecule has 0 bridgehead atoms. The Labute approximate surface area is 180 Å². The van der Waals surface area contributed by atoms with Crippen molar-refractivity contribution in [2.24, 2.45) is 5.92 Å². The summed E-state index contributed by atoms with van der Waals surface area (Å²) >= 11 is 2.92. The molecule has 9 heteroatoms. The number of aryl methyl sites for hydroxylation is 1. The second-order valence-electron chi connectivity index (χ2n) is 7.49. The van der Waals surface area contributed by atoms with Crippen molar-refractivity contribution in [1.82, 2.24) is 19.2 Å². The molecule has 0 saturated heterocycles. The number of thioether (sulfide) groups is 1. The Bertz CT molecular complexity index is 1320. The van der Waals surface area contributed by atoms with Crippen molar-refractivity contribution in [3.8, 4) is 5.69 Å². The summed E-state index contributed by atoms with van der Waals surface area (Å²) in [5.74, 6) is 0.860. The number of carbonyl (C=O) groups is 1. The van der Waals surface area contributed by atoms with Crippen LogP contribution in [0.5, 0.6) is 0 Å². The van der Waals surface area contributed by atoms with E-state index in [0.29, 0.717) is 16.9 Å². The number of hydrogen-bond acceptors (Lipinski definition) is 7. The van der Waals surface area contributed by atoms with Gasteiger partial charge in [0.2, 0.25) is 5.78 Å². The molecule has 3 aromatic heterocycles. The van der Waals surface area contributed by atoms with E-state index in [9.17, 15) is 9.59 Å². The maximum absolute atomic E-state index is 13.7. The lowest BCUT2D eigenvalue weighted by molar-refractivity contribution is -0.137. The average Bonchev–Trinajstić information content (AvgIpc) is 3.34. The van der Waals surface area contributed by atoms with Crippen molar-refractivity contribution in [2.45, 2.75) is 31.3 Å². The van der Waals surface area contributed by atoms with E-state index in [1.54, 1.807) is 15.9 Å². The van der Waals surface area contributed by atoms with Crippen LogP contribution in [0.4, 0.5) is 0 Å². The molecule has 30 heavy (non-hydrogen) atoms. The Morgan fingerprint density at radius 2 is 2.10 bits per heavy atom. The molecule has 7 nitrogen and oxygen atoms in total. The summed E-state index contributed by atoms with van der Waals surface area (Å²) in [4.78, 5) is 27.5. The van der Waals surface area contributed by atoms with Gasteiger partial charge in [0.1, 0.15) is 4.83 Å². The Morgan fingerprint density at radius 1 is 1.30 bits per heavy atom. The third kappa shape index (κ3) is 3.04. The van der Waals surface area contributed by atoms with Gasteiger partial charge in [0, 0.05) is 4.88 Å². The van der Waals surface area contributed by atoms with Crippen LogP contribution in [-0.2, 0) is 22.4 Å². The molecule has 0 saturated carbocycles. The monoisotopic (exact) mass is 440 g/mol. The molecule has 1 aliphatic carbocycles. The Morgan fingerprint density at radius 3 is 2.87 bits per heavy atom. The van der Waals surface area contributed by atoms with Gasteiger partial charge in [0.05, 0.1) is 23.9 Å². The van der Waals surface area contributed by atoms with Crippen LogP contribution in [0.1, 0.15) is 23.8 Å². The number of nitrogens with zero attached hydrogens (tertiary/aromatic N) is 4. The largest absolute Gasteiger partial charge is 0.468 e. The van der Waals surface area contributed by atoms with E-state index >= 15 is 0 Å². The molecule has 3 heterocycles. The molecule has 0 unspecified atom stereocenters. The van der Waals surface area contributed by atoms with Gasteiger partial charge in [0.25, 0.3) is 5.56 Å². The smallest absolute Gasteiger partial charge is 0.316 e. The fourth-order valence-corrected chi connectivity index (χ4v) is 6.31. The zero-order valence-electron chi connectivity index (χ0n) is 16.6. The van der Waals surface area contributed by atoms with Crippen LogP contribution in [0.2, 0.25) is 0 Å². The SMILES string of the molecule is COC(=O)CSc1nnc2n(-c3ccccc3)c(=O)c3c4c(sc3n12)C[C@H](C)CC4. The molecule has 1 aliphatic rings. The lowest BCUT2D eigenvalue weighted by atomic mass is 9.89. The Kier molecular flexibility index (Phi) is 4.86. The maximum atomic E-state index is 13.7. The van der Waals surface area contributed by atoms with Gasteiger partial charge >= 0.3 is 5.97 Å². The summed E-state index contributed by atoms with van der Waals surface area (Å²) < 4.78 is 8.32. The molecule has 5 rings (SSSR count). The first-order valence-corrected chi connectivity index (χ1v) is 11.6.